The van der Waals surface area contributed by atoms with Gasteiger partial charge in [0, 0.05) is 18.4 Å². The third-order valence-electron chi connectivity index (χ3n) is 3.17. The number of hydrogen-bond acceptors (Lipinski definition) is 0. The van der Waals surface area contributed by atoms with Crippen molar-refractivity contribution in [2.24, 2.45) is 7.05 Å². The summed E-state index contributed by atoms with van der Waals surface area (Å²) in [5.74, 6) is 1.25. The zero-order valence-corrected chi connectivity index (χ0v) is 10.6. The summed E-state index contributed by atoms with van der Waals surface area (Å²) in [6.45, 7) is 13.6. The van der Waals surface area contributed by atoms with Gasteiger partial charge in [0.1, 0.15) is 0 Å². The van der Waals surface area contributed by atoms with Crippen molar-refractivity contribution in [2.45, 2.75) is 53.4 Å². The molecular formula is C13H23N. The van der Waals surface area contributed by atoms with Gasteiger partial charge in [0.05, 0.1) is 0 Å². The SMILES string of the molecule is Cc1c(C(C)C)c(C)n(C)c1C(C)C. The normalized spacial score (nSPS) is 11.8. The summed E-state index contributed by atoms with van der Waals surface area (Å²) in [6, 6.07) is 0. The average molecular weight is 193 g/mol. The second-order valence-electron chi connectivity index (χ2n) is 4.88. The van der Waals surface area contributed by atoms with Crippen LogP contribution in [0.25, 0.3) is 0 Å². The zero-order chi connectivity index (χ0) is 11.0. The molecule has 14 heavy (non-hydrogen) atoms. The lowest BCUT2D eigenvalue weighted by molar-refractivity contribution is 0.719. The first-order chi connectivity index (χ1) is 6.37. The lowest BCUT2D eigenvalue weighted by atomic mass is 9.96. The van der Waals surface area contributed by atoms with Crippen LogP contribution in [0.15, 0.2) is 0 Å². The van der Waals surface area contributed by atoms with Gasteiger partial charge in [-0.15, -0.1) is 0 Å². The van der Waals surface area contributed by atoms with E-state index in [4.69, 9.17) is 0 Å². The van der Waals surface area contributed by atoms with Crippen LogP contribution in [0.5, 0.6) is 0 Å². The van der Waals surface area contributed by atoms with E-state index in [2.05, 4.69) is 53.2 Å². The predicted molar refractivity (Wildman–Crippen MR) is 63.1 cm³/mol. The molecule has 0 spiro atoms. The van der Waals surface area contributed by atoms with Crippen LogP contribution in [0.4, 0.5) is 0 Å². The Kier molecular flexibility index (Phi) is 3.08. The molecule has 0 radical (unpaired) electrons. The van der Waals surface area contributed by atoms with E-state index in [1.165, 1.54) is 22.5 Å². The molecule has 1 nitrogen and oxygen atoms in total. The monoisotopic (exact) mass is 193 g/mol. The zero-order valence-electron chi connectivity index (χ0n) is 10.6. The molecule has 0 aromatic carbocycles. The number of nitrogens with zero attached hydrogens (tertiary/aromatic N) is 1. The molecule has 0 fully saturated rings. The van der Waals surface area contributed by atoms with Gasteiger partial charge in [-0.25, -0.2) is 0 Å². The van der Waals surface area contributed by atoms with Crippen molar-refractivity contribution in [1.82, 2.24) is 4.57 Å². The standard InChI is InChI=1S/C13H23N/c1-8(2)12-10(5)13(9(3)4)14(7)11(12)6/h8-9H,1-7H3. The second kappa shape index (κ2) is 3.80. The Morgan fingerprint density at radius 3 is 1.64 bits per heavy atom. The van der Waals surface area contributed by atoms with E-state index in [0.29, 0.717) is 11.8 Å². The van der Waals surface area contributed by atoms with Crippen LogP contribution in [0.3, 0.4) is 0 Å². The fraction of sp³-hybridized carbons (Fsp3) is 0.692. The Balaban J connectivity index is 3.41. The summed E-state index contributed by atoms with van der Waals surface area (Å²) in [5, 5.41) is 0. The van der Waals surface area contributed by atoms with Gasteiger partial charge in [0.25, 0.3) is 0 Å². The van der Waals surface area contributed by atoms with Gasteiger partial charge >= 0.3 is 0 Å². The van der Waals surface area contributed by atoms with E-state index in [0.717, 1.165) is 0 Å². The lowest BCUT2D eigenvalue weighted by Crippen LogP contribution is -2.00. The molecule has 0 N–H and O–H groups in total. The molecule has 0 amide bonds. The molecule has 1 aromatic rings. The van der Waals surface area contributed by atoms with Crippen molar-refractivity contribution in [3.8, 4) is 0 Å². The van der Waals surface area contributed by atoms with Crippen molar-refractivity contribution in [2.75, 3.05) is 0 Å². The van der Waals surface area contributed by atoms with Crippen LogP contribution in [-0.4, -0.2) is 4.57 Å². The van der Waals surface area contributed by atoms with Crippen molar-refractivity contribution in [3.63, 3.8) is 0 Å². The van der Waals surface area contributed by atoms with E-state index in [-0.39, 0.29) is 0 Å². The van der Waals surface area contributed by atoms with E-state index in [9.17, 15) is 0 Å². The van der Waals surface area contributed by atoms with Crippen molar-refractivity contribution in [3.05, 3.63) is 22.5 Å². The minimum Gasteiger partial charge on any atom is -0.351 e. The first-order valence-corrected chi connectivity index (χ1v) is 5.53. The van der Waals surface area contributed by atoms with Gasteiger partial charge in [-0.3, -0.25) is 0 Å². The highest BCUT2D eigenvalue weighted by molar-refractivity contribution is 5.40. The van der Waals surface area contributed by atoms with Crippen molar-refractivity contribution in [1.29, 1.82) is 0 Å². The molecule has 0 aliphatic carbocycles. The molecule has 0 bridgehead atoms. The highest BCUT2D eigenvalue weighted by atomic mass is 15.0. The fourth-order valence-electron chi connectivity index (χ4n) is 2.69. The molecular weight excluding hydrogens is 170 g/mol. The largest absolute Gasteiger partial charge is 0.351 e. The minimum atomic E-state index is 0.617. The summed E-state index contributed by atoms with van der Waals surface area (Å²) in [4.78, 5) is 0. The topological polar surface area (TPSA) is 4.93 Å². The number of aromatic nitrogens is 1. The molecule has 0 aliphatic heterocycles. The maximum absolute atomic E-state index is 2.36. The Labute approximate surface area is 88.1 Å². The van der Waals surface area contributed by atoms with Crippen molar-refractivity contribution >= 4 is 0 Å². The van der Waals surface area contributed by atoms with Crippen LogP contribution in [-0.2, 0) is 7.05 Å². The molecule has 1 aromatic heterocycles. The number of rotatable bonds is 2. The van der Waals surface area contributed by atoms with E-state index in [1.54, 1.807) is 0 Å². The van der Waals surface area contributed by atoms with Gasteiger partial charge in [0.15, 0.2) is 0 Å². The summed E-state index contributed by atoms with van der Waals surface area (Å²) < 4.78 is 2.36. The van der Waals surface area contributed by atoms with E-state index in [1.807, 2.05) is 0 Å². The second-order valence-corrected chi connectivity index (χ2v) is 4.88. The number of hydrogen-bond donors (Lipinski definition) is 0. The summed E-state index contributed by atoms with van der Waals surface area (Å²) in [6.07, 6.45) is 0. The van der Waals surface area contributed by atoms with Crippen molar-refractivity contribution < 1.29 is 0 Å². The van der Waals surface area contributed by atoms with Gasteiger partial charge < -0.3 is 4.57 Å². The van der Waals surface area contributed by atoms with E-state index >= 15 is 0 Å². The van der Waals surface area contributed by atoms with Crippen LogP contribution < -0.4 is 0 Å². The van der Waals surface area contributed by atoms with Crippen LogP contribution in [0, 0.1) is 13.8 Å². The summed E-state index contributed by atoms with van der Waals surface area (Å²) in [7, 11) is 2.18. The first kappa shape index (κ1) is 11.4. The molecule has 0 saturated heterocycles. The molecule has 0 saturated carbocycles. The Morgan fingerprint density at radius 1 is 0.929 bits per heavy atom. The predicted octanol–water partition coefficient (Wildman–Crippen LogP) is 3.89. The summed E-state index contributed by atoms with van der Waals surface area (Å²) in [5.41, 5.74) is 5.96. The molecule has 1 heterocycles. The van der Waals surface area contributed by atoms with Gasteiger partial charge in [-0.1, -0.05) is 27.7 Å². The molecule has 0 unspecified atom stereocenters. The average Bonchev–Trinajstić information content (AvgIpc) is 2.23. The van der Waals surface area contributed by atoms with E-state index < -0.39 is 0 Å². The first-order valence-electron chi connectivity index (χ1n) is 5.53. The molecule has 0 aliphatic rings. The Bertz CT molecular complexity index is 298. The van der Waals surface area contributed by atoms with Gasteiger partial charge in [-0.2, -0.15) is 0 Å². The van der Waals surface area contributed by atoms with Crippen LogP contribution in [0.1, 0.15) is 62.0 Å². The Hall–Kier alpha value is -0.720. The Morgan fingerprint density at radius 2 is 1.43 bits per heavy atom. The van der Waals surface area contributed by atoms with Crippen LogP contribution in [0.2, 0.25) is 0 Å². The molecule has 80 valence electrons. The third-order valence-corrected chi connectivity index (χ3v) is 3.17. The third kappa shape index (κ3) is 1.60. The highest BCUT2D eigenvalue weighted by Gasteiger charge is 2.18. The summed E-state index contributed by atoms with van der Waals surface area (Å²) >= 11 is 0. The van der Waals surface area contributed by atoms with Crippen LogP contribution >= 0.6 is 0 Å². The maximum Gasteiger partial charge on any atom is 0.0232 e. The smallest absolute Gasteiger partial charge is 0.0232 e. The lowest BCUT2D eigenvalue weighted by Gasteiger charge is -2.09. The molecule has 0 atom stereocenters. The maximum atomic E-state index is 2.36. The van der Waals surface area contributed by atoms with Gasteiger partial charge in [0.2, 0.25) is 0 Å². The molecule has 1 heteroatoms. The quantitative estimate of drug-likeness (QED) is 0.671. The highest BCUT2D eigenvalue weighted by Crippen LogP contribution is 2.31. The fourth-order valence-corrected chi connectivity index (χ4v) is 2.69. The molecule has 1 rings (SSSR count). The minimum absolute atomic E-state index is 0.617. The van der Waals surface area contributed by atoms with Gasteiger partial charge in [-0.05, 0) is 36.8 Å².